The molecule has 1 aliphatic carbocycles. The van der Waals surface area contributed by atoms with Crippen LogP contribution in [0.3, 0.4) is 0 Å². The van der Waals surface area contributed by atoms with Crippen molar-refractivity contribution in [3.05, 3.63) is 35.9 Å². The van der Waals surface area contributed by atoms with Crippen molar-refractivity contribution in [2.75, 3.05) is 33.4 Å². The number of hydrogen-bond donors (Lipinski definition) is 1. The predicted molar refractivity (Wildman–Crippen MR) is 88.0 cm³/mol. The van der Waals surface area contributed by atoms with E-state index in [-0.39, 0.29) is 11.9 Å². The lowest BCUT2D eigenvalue weighted by Gasteiger charge is -2.37. The molecule has 1 aromatic rings. The first-order valence-electron chi connectivity index (χ1n) is 8.45. The first-order valence-corrected chi connectivity index (χ1v) is 8.45. The highest BCUT2D eigenvalue weighted by Gasteiger charge is 2.33. The van der Waals surface area contributed by atoms with Crippen molar-refractivity contribution in [2.24, 2.45) is 0 Å². The van der Waals surface area contributed by atoms with Gasteiger partial charge in [0.15, 0.2) is 0 Å². The summed E-state index contributed by atoms with van der Waals surface area (Å²) >= 11 is 0. The van der Waals surface area contributed by atoms with E-state index in [0.29, 0.717) is 32.2 Å². The number of aliphatic hydroxyl groups excluding tert-OH is 1. The fraction of sp³-hybridized carbons (Fsp3) is 0.611. The molecule has 0 aromatic heterocycles. The fourth-order valence-corrected chi connectivity index (χ4v) is 3.13. The molecule has 1 aliphatic heterocycles. The number of morpholine rings is 1. The van der Waals surface area contributed by atoms with Gasteiger partial charge in [-0.3, -0.25) is 9.69 Å². The monoisotopic (exact) mass is 318 g/mol. The van der Waals surface area contributed by atoms with Crippen molar-refractivity contribution in [3.8, 4) is 0 Å². The summed E-state index contributed by atoms with van der Waals surface area (Å²) in [5, 5.41) is 10.5. The summed E-state index contributed by atoms with van der Waals surface area (Å²) in [4.78, 5) is 16.4. The largest absolute Gasteiger partial charge is 0.388 e. The Labute approximate surface area is 137 Å². The van der Waals surface area contributed by atoms with Gasteiger partial charge in [0.05, 0.1) is 25.9 Å². The molecule has 1 saturated carbocycles. The highest BCUT2D eigenvalue weighted by atomic mass is 16.5. The van der Waals surface area contributed by atoms with Crippen LogP contribution in [-0.4, -0.2) is 66.2 Å². The van der Waals surface area contributed by atoms with Crippen LogP contribution < -0.4 is 0 Å². The molecule has 1 amide bonds. The third-order valence-corrected chi connectivity index (χ3v) is 4.86. The summed E-state index contributed by atoms with van der Waals surface area (Å²) in [5.74, 6) is 0.175. The summed E-state index contributed by atoms with van der Waals surface area (Å²) in [7, 11) is 1.90. The number of aliphatic hydroxyl groups is 1. The minimum Gasteiger partial charge on any atom is -0.388 e. The topological polar surface area (TPSA) is 53.0 Å². The van der Waals surface area contributed by atoms with E-state index in [1.54, 1.807) is 0 Å². The van der Waals surface area contributed by atoms with Crippen molar-refractivity contribution >= 4 is 5.91 Å². The molecular weight excluding hydrogens is 292 g/mol. The van der Waals surface area contributed by atoms with Crippen molar-refractivity contribution in [3.63, 3.8) is 0 Å². The van der Waals surface area contributed by atoms with Gasteiger partial charge in [0.1, 0.15) is 0 Å². The maximum atomic E-state index is 12.4. The molecule has 1 N–H and O–H groups in total. The van der Waals surface area contributed by atoms with Crippen LogP contribution >= 0.6 is 0 Å². The second kappa shape index (κ2) is 7.43. The third-order valence-electron chi connectivity index (χ3n) is 4.86. The van der Waals surface area contributed by atoms with E-state index < -0.39 is 6.10 Å². The average molecular weight is 318 g/mol. The molecule has 0 radical (unpaired) electrons. The molecule has 2 unspecified atom stereocenters. The van der Waals surface area contributed by atoms with Gasteiger partial charge >= 0.3 is 0 Å². The molecule has 126 valence electrons. The van der Waals surface area contributed by atoms with Gasteiger partial charge in [-0.15, -0.1) is 0 Å². The first kappa shape index (κ1) is 16.4. The van der Waals surface area contributed by atoms with Crippen LogP contribution in [0.2, 0.25) is 0 Å². The van der Waals surface area contributed by atoms with Gasteiger partial charge in [0.25, 0.3) is 0 Å². The standard InChI is InChI=1S/C18H26N2O3/c1-19(15-7-8-15)18(22)12-20-9-10-23-13-16(20)11-17(21)14-5-3-2-4-6-14/h2-6,15-17,21H,7-13H2,1H3. The zero-order valence-corrected chi connectivity index (χ0v) is 13.7. The molecule has 2 atom stereocenters. The molecule has 0 bridgehead atoms. The maximum absolute atomic E-state index is 12.4. The number of carbonyl (C=O) groups is 1. The van der Waals surface area contributed by atoms with Crippen molar-refractivity contribution in [1.29, 1.82) is 0 Å². The molecule has 5 nitrogen and oxygen atoms in total. The first-order chi connectivity index (χ1) is 11.1. The summed E-state index contributed by atoms with van der Waals surface area (Å²) < 4.78 is 5.57. The van der Waals surface area contributed by atoms with Gasteiger partial charge < -0.3 is 14.7 Å². The van der Waals surface area contributed by atoms with Crippen LogP contribution in [0.15, 0.2) is 30.3 Å². The Balaban J connectivity index is 1.58. The second-order valence-electron chi connectivity index (χ2n) is 6.60. The number of rotatable bonds is 6. The van der Waals surface area contributed by atoms with Gasteiger partial charge in [0, 0.05) is 25.7 Å². The fourth-order valence-electron chi connectivity index (χ4n) is 3.13. The highest BCUT2D eigenvalue weighted by Crippen LogP contribution is 2.26. The number of likely N-dealkylation sites (N-methyl/N-ethyl adjacent to an activating group) is 1. The van der Waals surface area contributed by atoms with E-state index in [1.807, 2.05) is 42.3 Å². The zero-order chi connectivity index (χ0) is 16.2. The van der Waals surface area contributed by atoms with Gasteiger partial charge in [-0.2, -0.15) is 0 Å². The molecule has 1 heterocycles. The lowest BCUT2D eigenvalue weighted by Crippen LogP contribution is -2.50. The third kappa shape index (κ3) is 4.31. The van der Waals surface area contributed by atoms with Crippen LogP contribution in [0.4, 0.5) is 0 Å². The van der Waals surface area contributed by atoms with Gasteiger partial charge in [-0.05, 0) is 24.8 Å². The zero-order valence-electron chi connectivity index (χ0n) is 13.7. The van der Waals surface area contributed by atoms with Gasteiger partial charge in [0.2, 0.25) is 5.91 Å². The molecule has 1 aromatic carbocycles. The summed E-state index contributed by atoms with van der Waals surface area (Å²) in [5.41, 5.74) is 0.916. The Morgan fingerprint density at radius 1 is 1.39 bits per heavy atom. The Morgan fingerprint density at radius 3 is 2.83 bits per heavy atom. The number of ether oxygens (including phenoxy) is 1. The lowest BCUT2D eigenvalue weighted by atomic mass is 10.0. The predicted octanol–water partition coefficient (Wildman–Crippen LogP) is 1.43. The van der Waals surface area contributed by atoms with E-state index in [1.165, 1.54) is 0 Å². The minimum absolute atomic E-state index is 0.0792. The average Bonchev–Trinajstić information content (AvgIpc) is 3.41. The lowest BCUT2D eigenvalue weighted by molar-refractivity contribution is -0.134. The Kier molecular flexibility index (Phi) is 5.30. The summed E-state index contributed by atoms with van der Waals surface area (Å²) in [6.07, 6.45) is 2.31. The molecular formula is C18H26N2O3. The number of nitrogens with zero attached hydrogens (tertiary/aromatic N) is 2. The van der Waals surface area contributed by atoms with Crippen LogP contribution in [0.5, 0.6) is 0 Å². The second-order valence-corrected chi connectivity index (χ2v) is 6.60. The number of benzene rings is 1. The molecule has 5 heteroatoms. The molecule has 2 aliphatic rings. The van der Waals surface area contributed by atoms with Crippen LogP contribution in [-0.2, 0) is 9.53 Å². The SMILES string of the molecule is CN(C(=O)CN1CCOCC1CC(O)c1ccccc1)C1CC1. The Morgan fingerprint density at radius 2 is 2.13 bits per heavy atom. The smallest absolute Gasteiger partial charge is 0.236 e. The Hall–Kier alpha value is -1.43. The number of amides is 1. The van der Waals surface area contributed by atoms with Crippen molar-refractivity contribution in [1.82, 2.24) is 9.80 Å². The van der Waals surface area contributed by atoms with Crippen molar-refractivity contribution < 1.29 is 14.6 Å². The Bertz CT molecular complexity index is 518. The normalized spacial score (nSPS) is 23.5. The van der Waals surface area contributed by atoms with Crippen molar-refractivity contribution in [2.45, 2.75) is 37.5 Å². The number of hydrogen-bond acceptors (Lipinski definition) is 4. The summed E-state index contributed by atoms with van der Waals surface area (Å²) in [6, 6.07) is 10.2. The van der Waals surface area contributed by atoms with Crippen LogP contribution in [0, 0.1) is 0 Å². The molecule has 3 rings (SSSR count). The van der Waals surface area contributed by atoms with E-state index in [0.717, 1.165) is 24.9 Å². The maximum Gasteiger partial charge on any atom is 0.236 e. The molecule has 1 saturated heterocycles. The highest BCUT2D eigenvalue weighted by molar-refractivity contribution is 5.78. The molecule has 2 fully saturated rings. The van der Waals surface area contributed by atoms with Gasteiger partial charge in [-0.1, -0.05) is 30.3 Å². The number of carbonyl (C=O) groups excluding carboxylic acids is 1. The molecule has 0 spiro atoms. The quantitative estimate of drug-likeness (QED) is 0.862. The van der Waals surface area contributed by atoms with E-state index in [2.05, 4.69) is 4.90 Å². The van der Waals surface area contributed by atoms with E-state index >= 15 is 0 Å². The van der Waals surface area contributed by atoms with Crippen LogP contribution in [0.1, 0.15) is 30.9 Å². The minimum atomic E-state index is -0.526. The van der Waals surface area contributed by atoms with E-state index in [4.69, 9.17) is 4.74 Å². The van der Waals surface area contributed by atoms with Crippen LogP contribution in [0.25, 0.3) is 0 Å². The van der Waals surface area contributed by atoms with Gasteiger partial charge in [-0.25, -0.2) is 0 Å². The molecule has 23 heavy (non-hydrogen) atoms. The summed E-state index contributed by atoms with van der Waals surface area (Å²) in [6.45, 7) is 2.39. The van der Waals surface area contributed by atoms with E-state index in [9.17, 15) is 9.90 Å².